The number of anilines is 1. The Labute approximate surface area is 176 Å². The van der Waals surface area contributed by atoms with Gasteiger partial charge in [-0.2, -0.15) is 0 Å². The van der Waals surface area contributed by atoms with Gasteiger partial charge in [-0.05, 0) is 50.1 Å². The number of aromatic nitrogens is 1. The van der Waals surface area contributed by atoms with Crippen molar-refractivity contribution in [1.29, 1.82) is 0 Å². The molecule has 152 valence electrons. The fraction of sp³-hybridized carbons (Fsp3) is 0.304. The molecule has 5 nitrogen and oxygen atoms in total. The Bertz CT molecular complexity index is 951. The van der Waals surface area contributed by atoms with Gasteiger partial charge in [-0.25, -0.2) is 9.78 Å². The van der Waals surface area contributed by atoms with E-state index in [4.69, 9.17) is 4.74 Å². The van der Waals surface area contributed by atoms with Gasteiger partial charge in [-0.3, -0.25) is 0 Å². The third kappa shape index (κ3) is 5.81. The number of carbonyl (C=O) groups is 1. The highest BCUT2D eigenvalue weighted by molar-refractivity contribution is 7.15. The molecule has 0 saturated carbocycles. The number of benzene rings is 2. The van der Waals surface area contributed by atoms with Gasteiger partial charge in [0, 0.05) is 16.1 Å². The number of hydrogen-bond donors (Lipinski definition) is 2. The maximum absolute atomic E-state index is 12.3. The number of amides is 2. The zero-order valence-electron chi connectivity index (χ0n) is 17.1. The number of rotatable bonds is 8. The average molecular weight is 410 g/mol. The fourth-order valence-corrected chi connectivity index (χ4v) is 3.92. The van der Waals surface area contributed by atoms with Gasteiger partial charge in [-0.15, -0.1) is 11.3 Å². The Morgan fingerprint density at radius 3 is 2.59 bits per heavy atom. The van der Waals surface area contributed by atoms with E-state index >= 15 is 0 Å². The summed E-state index contributed by atoms with van der Waals surface area (Å²) in [5.74, 6) is 0.813. The van der Waals surface area contributed by atoms with Crippen molar-refractivity contribution >= 4 is 23.1 Å². The molecule has 0 aliphatic heterocycles. The molecule has 2 aromatic carbocycles. The number of ether oxygens (including phenoxy) is 1. The van der Waals surface area contributed by atoms with Gasteiger partial charge in [0.25, 0.3) is 0 Å². The van der Waals surface area contributed by atoms with Gasteiger partial charge in [0.1, 0.15) is 10.8 Å². The predicted molar refractivity (Wildman–Crippen MR) is 120 cm³/mol. The zero-order valence-corrected chi connectivity index (χ0v) is 17.9. The van der Waals surface area contributed by atoms with Crippen LogP contribution in [-0.4, -0.2) is 17.6 Å². The van der Waals surface area contributed by atoms with Crippen LogP contribution in [-0.2, 0) is 6.54 Å². The first-order chi connectivity index (χ1) is 14.1. The smallest absolute Gasteiger partial charge is 0.319 e. The molecule has 1 aromatic heterocycles. The predicted octanol–water partition coefficient (Wildman–Crippen LogP) is 5.93. The molecule has 0 aliphatic rings. The van der Waals surface area contributed by atoms with Crippen LogP contribution < -0.4 is 15.4 Å². The van der Waals surface area contributed by atoms with Crippen molar-refractivity contribution in [1.82, 2.24) is 10.3 Å². The Kier molecular flexibility index (Phi) is 7.25. The Morgan fingerprint density at radius 1 is 1.10 bits per heavy atom. The maximum Gasteiger partial charge on any atom is 0.319 e. The number of nitrogens with zero attached hydrogens (tertiary/aromatic N) is 1. The van der Waals surface area contributed by atoms with Gasteiger partial charge in [0.2, 0.25) is 0 Å². The van der Waals surface area contributed by atoms with Crippen LogP contribution in [0, 0.1) is 13.8 Å². The molecule has 0 atom stereocenters. The lowest BCUT2D eigenvalue weighted by Gasteiger charge is -2.09. The van der Waals surface area contributed by atoms with Crippen LogP contribution in [0.3, 0.4) is 0 Å². The van der Waals surface area contributed by atoms with Crippen molar-refractivity contribution in [3.63, 3.8) is 0 Å². The van der Waals surface area contributed by atoms with Crippen LogP contribution in [0.1, 0.15) is 35.9 Å². The summed E-state index contributed by atoms with van der Waals surface area (Å²) in [6, 6.07) is 15.4. The number of thiazole rings is 1. The fourth-order valence-electron chi connectivity index (χ4n) is 2.82. The molecule has 3 rings (SSSR count). The van der Waals surface area contributed by atoms with Crippen molar-refractivity contribution in [3.05, 3.63) is 64.7 Å². The number of nitrogens with one attached hydrogen (secondary N) is 2. The highest BCUT2D eigenvalue weighted by Gasteiger charge is 2.12. The molecule has 0 bridgehead atoms. The van der Waals surface area contributed by atoms with Gasteiger partial charge in [0.05, 0.1) is 18.8 Å². The largest absolute Gasteiger partial charge is 0.494 e. The Hall–Kier alpha value is -2.86. The minimum atomic E-state index is -0.241. The number of aryl methyl sites for hydroxylation is 2. The summed E-state index contributed by atoms with van der Waals surface area (Å²) in [7, 11) is 0. The van der Waals surface area contributed by atoms with E-state index < -0.39 is 0 Å². The molecule has 0 spiro atoms. The van der Waals surface area contributed by atoms with Gasteiger partial charge in [0.15, 0.2) is 0 Å². The molecular weight excluding hydrogens is 382 g/mol. The van der Waals surface area contributed by atoms with E-state index in [9.17, 15) is 4.79 Å². The van der Waals surface area contributed by atoms with Crippen molar-refractivity contribution < 1.29 is 9.53 Å². The SMILES string of the molecule is CCCCOc1ccc(NC(=O)NCc2sc(-c3ccccc3C)nc2C)cc1. The first-order valence-electron chi connectivity index (χ1n) is 9.87. The van der Waals surface area contributed by atoms with E-state index in [0.29, 0.717) is 13.2 Å². The van der Waals surface area contributed by atoms with E-state index in [2.05, 4.69) is 41.6 Å². The lowest BCUT2D eigenvalue weighted by molar-refractivity contribution is 0.252. The van der Waals surface area contributed by atoms with Crippen molar-refractivity contribution in [2.24, 2.45) is 0 Å². The van der Waals surface area contributed by atoms with E-state index in [1.807, 2.05) is 43.3 Å². The monoisotopic (exact) mass is 409 g/mol. The normalized spacial score (nSPS) is 10.6. The highest BCUT2D eigenvalue weighted by Crippen LogP contribution is 2.30. The van der Waals surface area contributed by atoms with Crippen LogP contribution in [0.4, 0.5) is 10.5 Å². The van der Waals surface area contributed by atoms with Crippen LogP contribution in [0.2, 0.25) is 0 Å². The van der Waals surface area contributed by atoms with Crippen molar-refractivity contribution in [2.75, 3.05) is 11.9 Å². The van der Waals surface area contributed by atoms with Gasteiger partial charge >= 0.3 is 6.03 Å². The molecule has 6 heteroatoms. The van der Waals surface area contributed by atoms with Crippen molar-refractivity contribution in [3.8, 4) is 16.3 Å². The van der Waals surface area contributed by atoms with E-state index in [1.165, 1.54) is 5.56 Å². The number of urea groups is 1. The zero-order chi connectivity index (χ0) is 20.6. The third-order valence-corrected chi connectivity index (χ3v) is 5.75. The molecule has 0 fully saturated rings. The van der Waals surface area contributed by atoms with Crippen LogP contribution in [0.15, 0.2) is 48.5 Å². The van der Waals surface area contributed by atoms with Gasteiger partial charge < -0.3 is 15.4 Å². The molecule has 0 radical (unpaired) electrons. The van der Waals surface area contributed by atoms with Crippen LogP contribution >= 0.6 is 11.3 Å². The summed E-state index contributed by atoms with van der Waals surface area (Å²) in [5, 5.41) is 6.75. The molecular formula is C23H27N3O2S. The van der Waals surface area contributed by atoms with Gasteiger partial charge in [-0.1, -0.05) is 37.6 Å². The Balaban J connectivity index is 1.54. The minimum absolute atomic E-state index is 0.241. The first-order valence-corrected chi connectivity index (χ1v) is 10.7. The molecule has 29 heavy (non-hydrogen) atoms. The standard InChI is InChI=1S/C23H27N3O2S/c1-4-5-14-28-19-12-10-18(11-13-19)26-23(27)24-15-21-17(3)25-22(29-21)20-9-7-6-8-16(20)2/h6-13H,4-5,14-15H2,1-3H3,(H2,24,26,27). The molecule has 3 aromatic rings. The summed E-state index contributed by atoms with van der Waals surface area (Å²) in [4.78, 5) is 18.0. The summed E-state index contributed by atoms with van der Waals surface area (Å²) < 4.78 is 5.64. The molecule has 0 saturated heterocycles. The number of carbonyl (C=O) groups excluding carboxylic acids is 1. The molecule has 2 amide bonds. The summed E-state index contributed by atoms with van der Waals surface area (Å²) >= 11 is 1.62. The summed E-state index contributed by atoms with van der Waals surface area (Å²) in [6.45, 7) is 7.34. The highest BCUT2D eigenvalue weighted by atomic mass is 32.1. The minimum Gasteiger partial charge on any atom is -0.494 e. The topological polar surface area (TPSA) is 63.2 Å². The molecule has 0 aliphatic carbocycles. The third-order valence-electron chi connectivity index (χ3n) is 4.56. The second-order valence-electron chi connectivity index (χ2n) is 6.88. The summed E-state index contributed by atoms with van der Waals surface area (Å²) in [6.07, 6.45) is 2.14. The van der Waals surface area contributed by atoms with Crippen LogP contribution in [0.5, 0.6) is 5.75 Å². The average Bonchev–Trinajstić information content (AvgIpc) is 3.08. The second-order valence-corrected chi connectivity index (χ2v) is 7.96. The van der Waals surface area contributed by atoms with E-state index in [1.54, 1.807) is 11.3 Å². The maximum atomic E-state index is 12.3. The van der Waals surface area contributed by atoms with E-state index in [0.717, 1.165) is 45.4 Å². The van der Waals surface area contributed by atoms with Crippen LogP contribution in [0.25, 0.3) is 10.6 Å². The lowest BCUT2D eigenvalue weighted by Crippen LogP contribution is -2.28. The lowest BCUT2D eigenvalue weighted by atomic mass is 10.1. The first kappa shape index (κ1) is 20.9. The number of hydrogen-bond acceptors (Lipinski definition) is 4. The molecule has 2 N–H and O–H groups in total. The second kappa shape index (κ2) is 10.1. The Morgan fingerprint density at radius 2 is 1.86 bits per heavy atom. The molecule has 1 heterocycles. The van der Waals surface area contributed by atoms with E-state index in [-0.39, 0.29) is 6.03 Å². The number of unbranched alkanes of at least 4 members (excludes halogenated alkanes) is 1. The summed E-state index contributed by atoms with van der Waals surface area (Å²) in [5.41, 5.74) is 4.01. The quantitative estimate of drug-likeness (QED) is 0.453. The molecule has 0 unspecified atom stereocenters. The van der Waals surface area contributed by atoms with Crippen molar-refractivity contribution in [2.45, 2.75) is 40.2 Å².